The van der Waals surface area contributed by atoms with E-state index in [2.05, 4.69) is 42.9 Å². The Morgan fingerprint density at radius 3 is 2.69 bits per heavy atom. The summed E-state index contributed by atoms with van der Waals surface area (Å²) in [6.45, 7) is 11.3. The van der Waals surface area contributed by atoms with Gasteiger partial charge in [0.05, 0.1) is 24.7 Å². The topological polar surface area (TPSA) is 52.1 Å². The molecule has 0 radical (unpaired) electrons. The van der Waals surface area contributed by atoms with E-state index in [1.807, 2.05) is 19.9 Å². The summed E-state index contributed by atoms with van der Waals surface area (Å²) in [6, 6.07) is 0. The van der Waals surface area contributed by atoms with Crippen molar-refractivity contribution in [1.82, 2.24) is 9.97 Å². The zero-order chi connectivity index (χ0) is 19.2. The molecule has 1 aliphatic rings. The summed E-state index contributed by atoms with van der Waals surface area (Å²) in [7, 11) is 0. The van der Waals surface area contributed by atoms with Gasteiger partial charge in [-0.05, 0) is 62.2 Å². The summed E-state index contributed by atoms with van der Waals surface area (Å²) < 4.78 is 5.06. The third kappa shape index (κ3) is 5.38. The first kappa shape index (κ1) is 20.1. The largest absolute Gasteiger partial charge is 0.461 e. The van der Waals surface area contributed by atoms with Crippen LogP contribution >= 0.6 is 0 Å². The van der Waals surface area contributed by atoms with E-state index in [1.54, 1.807) is 6.20 Å². The fourth-order valence-electron chi connectivity index (χ4n) is 3.29. The van der Waals surface area contributed by atoms with Crippen molar-refractivity contribution >= 4 is 12.0 Å². The number of hydrogen-bond acceptors (Lipinski definition) is 4. The van der Waals surface area contributed by atoms with Crippen LogP contribution in [0.25, 0.3) is 6.08 Å². The zero-order valence-corrected chi connectivity index (χ0v) is 16.6. The molecule has 0 amide bonds. The fourth-order valence-corrected chi connectivity index (χ4v) is 3.29. The minimum atomic E-state index is -0.423. The minimum absolute atomic E-state index is 0.236. The monoisotopic (exact) mass is 354 g/mol. The highest BCUT2D eigenvalue weighted by Crippen LogP contribution is 2.40. The summed E-state index contributed by atoms with van der Waals surface area (Å²) in [5.74, 6) is -0.423. The molecule has 140 valence electrons. The summed E-state index contributed by atoms with van der Waals surface area (Å²) in [5, 5.41) is 0. The second-order valence-electron chi connectivity index (χ2n) is 7.62. The highest BCUT2D eigenvalue weighted by Gasteiger charge is 2.26. The summed E-state index contributed by atoms with van der Waals surface area (Å²) in [6.07, 6.45) is 13.9. The molecule has 0 saturated carbocycles. The Labute approximate surface area is 157 Å². The van der Waals surface area contributed by atoms with Crippen molar-refractivity contribution in [3.05, 3.63) is 52.7 Å². The maximum absolute atomic E-state index is 11.7. The van der Waals surface area contributed by atoms with Gasteiger partial charge in [-0.15, -0.1) is 0 Å². The van der Waals surface area contributed by atoms with Crippen LogP contribution in [0.2, 0.25) is 0 Å². The second-order valence-corrected chi connectivity index (χ2v) is 7.62. The van der Waals surface area contributed by atoms with Crippen molar-refractivity contribution < 1.29 is 9.53 Å². The van der Waals surface area contributed by atoms with Crippen molar-refractivity contribution in [2.75, 3.05) is 6.61 Å². The van der Waals surface area contributed by atoms with Crippen LogP contribution in [0, 0.1) is 5.41 Å². The SMILES string of the molecule is CCCOC(=O)c1cnc(/C=C(\C)C=CC2=C(C)CCCC2(C)C)cn1. The van der Waals surface area contributed by atoms with Crippen molar-refractivity contribution in [3.63, 3.8) is 0 Å². The molecule has 2 rings (SSSR count). The molecular weight excluding hydrogens is 324 g/mol. The van der Waals surface area contributed by atoms with Gasteiger partial charge in [0, 0.05) is 0 Å². The smallest absolute Gasteiger partial charge is 0.358 e. The van der Waals surface area contributed by atoms with Gasteiger partial charge in [0.1, 0.15) is 0 Å². The molecule has 0 aliphatic heterocycles. The zero-order valence-electron chi connectivity index (χ0n) is 16.6. The summed E-state index contributed by atoms with van der Waals surface area (Å²) in [5.41, 5.74) is 5.24. The minimum Gasteiger partial charge on any atom is -0.461 e. The first-order chi connectivity index (χ1) is 12.3. The van der Waals surface area contributed by atoms with E-state index in [1.165, 1.54) is 36.6 Å². The van der Waals surface area contributed by atoms with Gasteiger partial charge in [0.2, 0.25) is 0 Å². The fraction of sp³-hybridized carbons (Fsp3) is 0.500. The van der Waals surface area contributed by atoms with Crippen LogP contribution < -0.4 is 0 Å². The van der Waals surface area contributed by atoms with Crippen LogP contribution in [0.1, 0.15) is 76.5 Å². The van der Waals surface area contributed by atoms with Gasteiger partial charge in [-0.3, -0.25) is 4.98 Å². The van der Waals surface area contributed by atoms with E-state index in [0.29, 0.717) is 6.61 Å². The molecule has 0 bridgehead atoms. The van der Waals surface area contributed by atoms with Gasteiger partial charge >= 0.3 is 5.97 Å². The quantitative estimate of drug-likeness (QED) is 0.498. The van der Waals surface area contributed by atoms with Gasteiger partial charge in [-0.25, -0.2) is 9.78 Å². The lowest BCUT2D eigenvalue weighted by Gasteiger charge is -2.32. The van der Waals surface area contributed by atoms with Gasteiger partial charge in [0.15, 0.2) is 5.69 Å². The van der Waals surface area contributed by atoms with E-state index >= 15 is 0 Å². The normalized spacial score (nSPS) is 17.7. The number of carbonyl (C=O) groups excluding carboxylic acids is 1. The number of allylic oxidation sites excluding steroid dienone is 5. The molecule has 1 aromatic heterocycles. The standard InChI is InChI=1S/C22H30N2O2/c1-6-12-26-21(25)20-15-23-18(14-24-20)13-16(2)9-10-19-17(3)8-7-11-22(19,4)5/h9-10,13-15H,6-8,11-12H2,1-5H3/b10-9?,16-13+. The molecule has 0 atom stereocenters. The molecule has 26 heavy (non-hydrogen) atoms. The van der Waals surface area contributed by atoms with Crippen molar-refractivity contribution in [3.8, 4) is 0 Å². The van der Waals surface area contributed by atoms with Gasteiger partial charge in [-0.1, -0.05) is 38.5 Å². The van der Waals surface area contributed by atoms with Crippen LogP contribution in [0.3, 0.4) is 0 Å². The molecule has 1 aromatic rings. The van der Waals surface area contributed by atoms with Crippen LogP contribution in [0.5, 0.6) is 0 Å². The summed E-state index contributed by atoms with van der Waals surface area (Å²) >= 11 is 0. The molecule has 0 saturated heterocycles. The average molecular weight is 354 g/mol. The Balaban J connectivity index is 2.08. The molecule has 1 aliphatic carbocycles. The lowest BCUT2D eigenvalue weighted by atomic mass is 9.72. The number of hydrogen-bond donors (Lipinski definition) is 0. The summed E-state index contributed by atoms with van der Waals surface area (Å²) in [4.78, 5) is 20.2. The maximum atomic E-state index is 11.7. The second kappa shape index (κ2) is 8.93. The molecule has 4 heteroatoms. The van der Waals surface area contributed by atoms with E-state index in [-0.39, 0.29) is 11.1 Å². The number of rotatable bonds is 6. The van der Waals surface area contributed by atoms with Gasteiger partial charge in [0.25, 0.3) is 0 Å². The number of nitrogens with zero attached hydrogens (tertiary/aromatic N) is 2. The highest BCUT2D eigenvalue weighted by atomic mass is 16.5. The third-order valence-electron chi connectivity index (χ3n) is 4.75. The first-order valence-electron chi connectivity index (χ1n) is 9.39. The predicted molar refractivity (Wildman–Crippen MR) is 106 cm³/mol. The maximum Gasteiger partial charge on any atom is 0.358 e. The third-order valence-corrected chi connectivity index (χ3v) is 4.75. The van der Waals surface area contributed by atoms with Crippen LogP contribution in [0.15, 0.2) is 41.3 Å². The number of ether oxygens (including phenoxy) is 1. The Morgan fingerprint density at radius 1 is 1.31 bits per heavy atom. The molecule has 4 nitrogen and oxygen atoms in total. The van der Waals surface area contributed by atoms with E-state index in [0.717, 1.165) is 17.7 Å². The molecule has 0 unspecified atom stereocenters. The van der Waals surface area contributed by atoms with Gasteiger partial charge < -0.3 is 4.74 Å². The van der Waals surface area contributed by atoms with Gasteiger partial charge in [-0.2, -0.15) is 0 Å². The Hall–Kier alpha value is -2.23. The van der Waals surface area contributed by atoms with Crippen molar-refractivity contribution in [2.24, 2.45) is 5.41 Å². The molecule has 0 fully saturated rings. The number of aromatic nitrogens is 2. The predicted octanol–water partition coefficient (Wildman–Crippen LogP) is 5.53. The Kier molecular flexibility index (Phi) is 6.90. The van der Waals surface area contributed by atoms with Crippen LogP contribution in [-0.4, -0.2) is 22.5 Å². The molecule has 0 spiro atoms. The Morgan fingerprint density at radius 2 is 2.08 bits per heavy atom. The van der Waals surface area contributed by atoms with Crippen LogP contribution in [0.4, 0.5) is 0 Å². The molecule has 0 aromatic carbocycles. The average Bonchev–Trinajstić information content (AvgIpc) is 2.59. The van der Waals surface area contributed by atoms with Crippen LogP contribution in [-0.2, 0) is 4.74 Å². The van der Waals surface area contributed by atoms with Crippen molar-refractivity contribution in [1.29, 1.82) is 0 Å². The molecular formula is C22H30N2O2. The lowest BCUT2D eigenvalue weighted by Crippen LogP contribution is -2.19. The highest BCUT2D eigenvalue weighted by molar-refractivity contribution is 5.86. The van der Waals surface area contributed by atoms with E-state index in [4.69, 9.17) is 4.74 Å². The van der Waals surface area contributed by atoms with E-state index in [9.17, 15) is 4.79 Å². The first-order valence-corrected chi connectivity index (χ1v) is 9.39. The number of esters is 1. The van der Waals surface area contributed by atoms with E-state index < -0.39 is 5.97 Å². The Bertz CT molecular complexity index is 725. The molecule has 0 N–H and O–H groups in total. The molecule has 1 heterocycles. The number of carbonyl (C=O) groups is 1. The lowest BCUT2D eigenvalue weighted by molar-refractivity contribution is 0.0497. The van der Waals surface area contributed by atoms with Crippen molar-refractivity contribution in [2.45, 2.75) is 60.3 Å².